The third-order valence-corrected chi connectivity index (χ3v) is 3.33. The number of benzene rings is 2. The van der Waals surface area contributed by atoms with E-state index >= 15 is 0 Å². The van der Waals surface area contributed by atoms with Gasteiger partial charge in [-0.25, -0.2) is 8.78 Å². The molecule has 0 fully saturated rings. The van der Waals surface area contributed by atoms with Crippen LogP contribution in [0.25, 0.3) is 0 Å². The van der Waals surface area contributed by atoms with Gasteiger partial charge in [0.2, 0.25) is 5.91 Å². The summed E-state index contributed by atoms with van der Waals surface area (Å²) in [6.45, 7) is 1.93. The third-order valence-electron chi connectivity index (χ3n) is 3.33. The Hall–Kier alpha value is -2.47. The number of carbonyl (C=O) groups is 1. The molecule has 0 heterocycles. The fourth-order valence-corrected chi connectivity index (χ4v) is 2.15. The average Bonchev–Trinajstić information content (AvgIpc) is 2.53. The Morgan fingerprint density at radius 2 is 1.83 bits per heavy atom. The summed E-state index contributed by atoms with van der Waals surface area (Å²) in [6, 6.07) is 11.2. The summed E-state index contributed by atoms with van der Waals surface area (Å²) in [7, 11) is 0. The monoisotopic (exact) mass is 335 g/mol. The number of nitrogens with one attached hydrogen (secondary N) is 1. The van der Waals surface area contributed by atoms with Crippen LogP contribution in [-0.2, 0) is 4.79 Å². The van der Waals surface area contributed by atoms with Crippen LogP contribution in [-0.4, -0.2) is 23.7 Å². The van der Waals surface area contributed by atoms with Gasteiger partial charge in [0.1, 0.15) is 23.5 Å². The van der Waals surface area contributed by atoms with Crippen LogP contribution in [0.4, 0.5) is 8.78 Å². The van der Waals surface area contributed by atoms with Gasteiger partial charge in [0.15, 0.2) is 0 Å². The van der Waals surface area contributed by atoms with Crippen molar-refractivity contribution in [2.75, 3.05) is 6.54 Å². The highest BCUT2D eigenvalue weighted by atomic mass is 19.1. The lowest BCUT2D eigenvalue weighted by atomic mass is 10.1. The summed E-state index contributed by atoms with van der Waals surface area (Å²) in [6.07, 6.45) is -1.64. The molecule has 0 spiro atoms. The maximum absolute atomic E-state index is 13.1. The fourth-order valence-electron chi connectivity index (χ4n) is 2.15. The van der Waals surface area contributed by atoms with E-state index in [1.54, 1.807) is 19.1 Å². The fraction of sp³-hybridized carbons (Fsp3) is 0.278. The minimum atomic E-state index is -1.08. The summed E-state index contributed by atoms with van der Waals surface area (Å²) in [5.41, 5.74) is 0.342. The van der Waals surface area contributed by atoms with Crippen LogP contribution in [0.5, 0.6) is 5.75 Å². The second kappa shape index (κ2) is 8.40. The lowest BCUT2D eigenvalue weighted by Gasteiger charge is -2.16. The summed E-state index contributed by atoms with van der Waals surface area (Å²) < 4.78 is 31.6. The molecule has 0 aromatic heterocycles. The van der Waals surface area contributed by atoms with E-state index in [1.165, 1.54) is 36.4 Å². The number of hydrogen-bond donors (Lipinski definition) is 2. The molecule has 0 radical (unpaired) electrons. The second-order valence-electron chi connectivity index (χ2n) is 5.46. The van der Waals surface area contributed by atoms with Crippen LogP contribution in [0.15, 0.2) is 48.5 Å². The lowest BCUT2D eigenvalue weighted by molar-refractivity contribution is -0.123. The molecule has 2 atom stereocenters. The molecule has 0 aliphatic carbocycles. The van der Waals surface area contributed by atoms with E-state index in [1.807, 2.05) is 0 Å². The van der Waals surface area contributed by atoms with Crippen LogP contribution < -0.4 is 10.1 Å². The summed E-state index contributed by atoms with van der Waals surface area (Å²) >= 11 is 0. The van der Waals surface area contributed by atoms with Crippen molar-refractivity contribution in [3.63, 3.8) is 0 Å². The van der Waals surface area contributed by atoms with Crippen molar-refractivity contribution in [1.29, 1.82) is 0 Å². The van der Waals surface area contributed by atoms with Gasteiger partial charge in [0.25, 0.3) is 0 Å². The van der Waals surface area contributed by atoms with Gasteiger partial charge in [-0.3, -0.25) is 4.79 Å². The molecule has 4 nitrogen and oxygen atoms in total. The zero-order chi connectivity index (χ0) is 17.5. The molecule has 2 unspecified atom stereocenters. The number of ether oxygens (including phenoxy) is 1. The van der Waals surface area contributed by atoms with Crippen LogP contribution in [0, 0.1) is 11.6 Å². The SMILES string of the molecule is CC(CNC(=O)CC(O)c1cccc(F)c1)Oc1cccc(F)c1. The number of halogens is 2. The standard InChI is InChI=1S/C18H19F2NO3/c1-12(24-16-7-3-6-15(20)9-16)11-21-18(23)10-17(22)13-4-2-5-14(19)8-13/h2-9,12,17,22H,10-11H2,1H3,(H,21,23). The molecule has 2 aromatic carbocycles. The summed E-state index contributed by atoms with van der Waals surface area (Å²) in [4.78, 5) is 11.8. The van der Waals surface area contributed by atoms with Crippen molar-refractivity contribution in [3.05, 3.63) is 65.7 Å². The lowest BCUT2D eigenvalue weighted by Crippen LogP contribution is -2.34. The maximum atomic E-state index is 13.1. The van der Waals surface area contributed by atoms with E-state index in [0.29, 0.717) is 11.3 Å². The van der Waals surface area contributed by atoms with Crippen molar-refractivity contribution in [1.82, 2.24) is 5.32 Å². The van der Waals surface area contributed by atoms with E-state index in [-0.39, 0.29) is 25.0 Å². The van der Waals surface area contributed by atoms with Crippen LogP contribution in [0.3, 0.4) is 0 Å². The number of carbonyl (C=O) groups excluding carboxylic acids is 1. The van der Waals surface area contributed by atoms with Crippen molar-refractivity contribution in [2.24, 2.45) is 0 Å². The molecule has 0 saturated heterocycles. The van der Waals surface area contributed by atoms with Crippen molar-refractivity contribution >= 4 is 5.91 Å². The van der Waals surface area contributed by atoms with Crippen molar-refractivity contribution in [3.8, 4) is 5.75 Å². The van der Waals surface area contributed by atoms with E-state index in [0.717, 1.165) is 0 Å². The Morgan fingerprint density at radius 3 is 2.50 bits per heavy atom. The largest absolute Gasteiger partial charge is 0.489 e. The molecule has 6 heteroatoms. The quantitative estimate of drug-likeness (QED) is 0.818. The molecule has 0 saturated carbocycles. The van der Waals surface area contributed by atoms with Gasteiger partial charge in [0.05, 0.1) is 19.1 Å². The van der Waals surface area contributed by atoms with Crippen LogP contribution in [0.2, 0.25) is 0 Å². The number of rotatable bonds is 7. The second-order valence-corrected chi connectivity index (χ2v) is 5.46. The minimum Gasteiger partial charge on any atom is -0.489 e. The highest BCUT2D eigenvalue weighted by Gasteiger charge is 2.14. The molecule has 0 aliphatic heterocycles. The van der Waals surface area contributed by atoms with Crippen LogP contribution in [0.1, 0.15) is 25.0 Å². The highest BCUT2D eigenvalue weighted by Crippen LogP contribution is 2.17. The molecular formula is C18H19F2NO3. The predicted molar refractivity (Wildman–Crippen MR) is 85.5 cm³/mol. The molecule has 1 amide bonds. The van der Waals surface area contributed by atoms with Gasteiger partial charge in [-0.05, 0) is 36.8 Å². The zero-order valence-electron chi connectivity index (χ0n) is 13.2. The number of hydrogen-bond acceptors (Lipinski definition) is 3. The Morgan fingerprint density at radius 1 is 1.17 bits per heavy atom. The normalized spacial score (nSPS) is 13.2. The van der Waals surface area contributed by atoms with E-state index in [2.05, 4.69) is 5.32 Å². The first-order valence-corrected chi connectivity index (χ1v) is 7.56. The van der Waals surface area contributed by atoms with Gasteiger partial charge in [-0.15, -0.1) is 0 Å². The molecule has 2 N–H and O–H groups in total. The Kier molecular flexibility index (Phi) is 6.26. The number of aliphatic hydroxyl groups excluding tert-OH is 1. The Bertz CT molecular complexity index is 693. The first-order valence-electron chi connectivity index (χ1n) is 7.56. The molecule has 0 aliphatic rings. The average molecular weight is 335 g/mol. The molecule has 2 aromatic rings. The molecule has 24 heavy (non-hydrogen) atoms. The molecular weight excluding hydrogens is 316 g/mol. The Balaban J connectivity index is 1.78. The first-order chi connectivity index (χ1) is 11.4. The third kappa shape index (κ3) is 5.62. The first kappa shape index (κ1) is 17.9. The minimum absolute atomic E-state index is 0.184. The van der Waals surface area contributed by atoms with Crippen LogP contribution >= 0.6 is 0 Å². The molecule has 128 valence electrons. The summed E-state index contributed by atoms with van der Waals surface area (Å²) in [5.74, 6) is -0.885. The Labute approximate surface area is 139 Å². The van der Waals surface area contributed by atoms with Crippen molar-refractivity contribution < 1.29 is 23.4 Å². The smallest absolute Gasteiger partial charge is 0.223 e. The molecule has 0 bridgehead atoms. The molecule has 2 rings (SSSR count). The highest BCUT2D eigenvalue weighted by molar-refractivity contribution is 5.76. The van der Waals surface area contributed by atoms with E-state index in [9.17, 15) is 18.7 Å². The van der Waals surface area contributed by atoms with Gasteiger partial charge >= 0.3 is 0 Å². The number of aliphatic hydroxyl groups is 1. The summed E-state index contributed by atoms with van der Waals surface area (Å²) in [5, 5.41) is 12.6. The zero-order valence-corrected chi connectivity index (χ0v) is 13.2. The topological polar surface area (TPSA) is 58.6 Å². The van der Waals surface area contributed by atoms with Gasteiger partial charge in [-0.2, -0.15) is 0 Å². The van der Waals surface area contributed by atoms with Gasteiger partial charge in [0, 0.05) is 6.07 Å². The maximum Gasteiger partial charge on any atom is 0.223 e. The van der Waals surface area contributed by atoms with Gasteiger partial charge < -0.3 is 15.2 Å². The number of amides is 1. The van der Waals surface area contributed by atoms with E-state index in [4.69, 9.17) is 4.74 Å². The van der Waals surface area contributed by atoms with Crippen molar-refractivity contribution in [2.45, 2.75) is 25.6 Å². The van der Waals surface area contributed by atoms with E-state index < -0.39 is 17.7 Å². The van der Waals surface area contributed by atoms with Gasteiger partial charge in [-0.1, -0.05) is 18.2 Å². The predicted octanol–water partition coefficient (Wildman–Crippen LogP) is 2.97.